The van der Waals surface area contributed by atoms with Crippen LogP contribution in [0.2, 0.25) is 0 Å². The topological polar surface area (TPSA) is 41.4 Å². The molecule has 5 nitrogen and oxygen atoms in total. The molecule has 0 saturated carbocycles. The number of nitriles is 1. The molecule has 4 aromatic rings. The van der Waals surface area contributed by atoms with Gasteiger partial charge in [0.1, 0.15) is 41.4 Å². The number of aryl methyl sites for hydroxylation is 1. The summed E-state index contributed by atoms with van der Waals surface area (Å²) in [6, 6.07) is 20.4. The molecule has 0 bridgehead atoms. The van der Waals surface area contributed by atoms with Gasteiger partial charge in [-0.1, -0.05) is 80.7 Å². The van der Waals surface area contributed by atoms with E-state index in [-0.39, 0.29) is 5.92 Å². The largest absolute Gasteiger partial charge is 0.248 e. The summed E-state index contributed by atoms with van der Waals surface area (Å²) in [7, 11) is 2.04. The lowest BCUT2D eigenvalue weighted by Gasteiger charge is -2.20. The summed E-state index contributed by atoms with van der Waals surface area (Å²) in [4.78, 5) is 0. The standard InChI is InChI=1S/C35H43N5S3/c1-4-23-42-35(41)43-26-34(33-15-11-30(12-16-33)25-40-22-21-38(5-2)28-40)8-6-7-31(17-18-36)32-13-9-29(10-14-32)24-39-20-19-37(3)27-39/h5,9-16,19-22,27-28,31,34H,2,4,6-8,17,23-26H2,1,3H3/q+2. The predicted molar refractivity (Wildman–Crippen MR) is 185 cm³/mol. The smallest absolute Gasteiger partial charge is 0.240 e. The fourth-order valence-electron chi connectivity index (χ4n) is 5.27. The zero-order valence-corrected chi connectivity index (χ0v) is 27.8. The van der Waals surface area contributed by atoms with Crippen LogP contribution in [-0.2, 0) is 20.1 Å². The molecule has 0 aliphatic rings. The van der Waals surface area contributed by atoms with Crippen molar-refractivity contribution in [2.75, 3.05) is 11.5 Å². The van der Waals surface area contributed by atoms with Crippen molar-refractivity contribution in [3.63, 3.8) is 0 Å². The van der Waals surface area contributed by atoms with Crippen LogP contribution < -0.4 is 9.13 Å². The molecule has 0 radical (unpaired) electrons. The third kappa shape index (κ3) is 10.5. The van der Waals surface area contributed by atoms with Gasteiger partial charge >= 0.3 is 0 Å². The van der Waals surface area contributed by atoms with Crippen LogP contribution in [0.25, 0.3) is 6.20 Å². The second-order valence-corrected chi connectivity index (χ2v) is 14.4. The van der Waals surface area contributed by atoms with E-state index < -0.39 is 0 Å². The van der Waals surface area contributed by atoms with Gasteiger partial charge in [0.15, 0.2) is 0 Å². The number of benzene rings is 2. The van der Waals surface area contributed by atoms with E-state index in [0.29, 0.717) is 12.3 Å². The Balaban J connectivity index is 1.39. The van der Waals surface area contributed by atoms with E-state index >= 15 is 0 Å². The third-order valence-corrected chi connectivity index (χ3v) is 10.7. The highest BCUT2D eigenvalue weighted by Crippen LogP contribution is 2.33. The number of rotatable bonds is 16. The lowest BCUT2D eigenvalue weighted by Crippen LogP contribution is -2.31. The zero-order chi connectivity index (χ0) is 30.4. The quantitative estimate of drug-likeness (QED) is 0.0941. The Morgan fingerprint density at radius 1 is 0.977 bits per heavy atom. The molecule has 0 aliphatic carbocycles. The molecule has 2 aromatic heterocycles. The summed E-state index contributed by atoms with van der Waals surface area (Å²) in [6.45, 7) is 7.70. The Kier molecular flexibility index (Phi) is 13.1. The van der Waals surface area contributed by atoms with Crippen LogP contribution in [0.5, 0.6) is 0 Å². The van der Waals surface area contributed by atoms with Gasteiger partial charge in [0, 0.05) is 12.2 Å². The minimum absolute atomic E-state index is 0.250. The van der Waals surface area contributed by atoms with Crippen LogP contribution in [0.15, 0.2) is 92.6 Å². The molecule has 0 aliphatic heterocycles. The Hall–Kier alpha value is -3.12. The highest BCUT2D eigenvalue weighted by atomic mass is 32.2. The minimum atomic E-state index is 0.250. The Bertz CT molecular complexity index is 1480. The predicted octanol–water partition coefficient (Wildman–Crippen LogP) is 7.71. The van der Waals surface area contributed by atoms with Crippen molar-refractivity contribution in [2.45, 2.75) is 64.0 Å². The first kappa shape index (κ1) is 32.8. The molecule has 0 spiro atoms. The number of imidazole rings is 2. The molecule has 2 heterocycles. The number of aromatic nitrogens is 4. The fourth-order valence-corrected chi connectivity index (χ4v) is 7.58. The fraction of sp³-hybridized carbons (Fsp3) is 0.371. The first-order valence-corrected chi connectivity index (χ1v) is 17.4. The van der Waals surface area contributed by atoms with Crippen molar-refractivity contribution < 1.29 is 9.13 Å². The second kappa shape index (κ2) is 17.2. The lowest BCUT2D eigenvalue weighted by atomic mass is 9.87. The highest BCUT2D eigenvalue weighted by molar-refractivity contribution is 8.47. The van der Waals surface area contributed by atoms with Gasteiger partial charge in [0.25, 0.3) is 0 Å². The maximum Gasteiger partial charge on any atom is 0.248 e. The third-order valence-electron chi connectivity index (χ3n) is 7.65. The number of thiocarbonyl (C=S) groups is 1. The molecular weight excluding hydrogens is 587 g/mol. The zero-order valence-electron chi connectivity index (χ0n) is 25.3. The van der Waals surface area contributed by atoms with Gasteiger partial charge in [0.05, 0.1) is 19.3 Å². The van der Waals surface area contributed by atoms with Crippen LogP contribution in [0.1, 0.15) is 73.1 Å². The van der Waals surface area contributed by atoms with E-state index in [1.165, 1.54) is 22.3 Å². The molecule has 2 unspecified atom stereocenters. The normalized spacial score (nSPS) is 12.5. The van der Waals surface area contributed by atoms with E-state index in [1.54, 1.807) is 18.0 Å². The van der Waals surface area contributed by atoms with Crippen LogP contribution in [0.4, 0.5) is 0 Å². The lowest BCUT2D eigenvalue weighted by molar-refractivity contribution is -0.687. The summed E-state index contributed by atoms with van der Waals surface area (Å²) in [5.74, 6) is 2.73. The summed E-state index contributed by atoms with van der Waals surface area (Å²) < 4.78 is 9.39. The molecule has 0 amide bonds. The van der Waals surface area contributed by atoms with Gasteiger partial charge in [-0.05, 0) is 59.1 Å². The van der Waals surface area contributed by atoms with Crippen LogP contribution in [-0.4, -0.2) is 24.2 Å². The molecule has 0 fully saturated rings. The first-order valence-electron chi connectivity index (χ1n) is 15.0. The molecule has 8 heteroatoms. The minimum Gasteiger partial charge on any atom is -0.240 e. The molecule has 43 heavy (non-hydrogen) atoms. The van der Waals surface area contributed by atoms with E-state index in [0.717, 1.165) is 53.8 Å². The van der Waals surface area contributed by atoms with Crippen molar-refractivity contribution in [1.82, 2.24) is 9.13 Å². The average molecular weight is 630 g/mol. The van der Waals surface area contributed by atoms with Gasteiger partial charge in [-0.15, -0.1) is 23.5 Å². The maximum absolute atomic E-state index is 9.62. The van der Waals surface area contributed by atoms with Gasteiger partial charge in [-0.3, -0.25) is 0 Å². The number of nitrogens with zero attached hydrogens (tertiary/aromatic N) is 5. The van der Waals surface area contributed by atoms with Crippen molar-refractivity contribution in [3.05, 3.63) is 115 Å². The maximum atomic E-state index is 9.62. The molecular formula is C35H43N5S3+2. The summed E-state index contributed by atoms with van der Waals surface area (Å²) in [5, 5.41) is 9.62. The van der Waals surface area contributed by atoms with E-state index in [1.807, 2.05) is 35.9 Å². The number of thioether (sulfide) groups is 2. The van der Waals surface area contributed by atoms with Crippen molar-refractivity contribution in [3.8, 4) is 6.07 Å². The van der Waals surface area contributed by atoms with E-state index in [2.05, 4.69) is 107 Å². The summed E-state index contributed by atoms with van der Waals surface area (Å²) >= 11 is 9.30. The Labute approximate surface area is 271 Å². The van der Waals surface area contributed by atoms with Crippen molar-refractivity contribution in [2.24, 2.45) is 7.05 Å². The SMILES string of the molecule is C=Cn1cc[n+](Cc2ccc(C(CCCC(CC#N)c3ccc(Cn4cc[n+](C)c4)cc3)CSC(=S)SCCC)cc2)c1. The molecule has 2 atom stereocenters. The van der Waals surface area contributed by atoms with Crippen LogP contribution in [0.3, 0.4) is 0 Å². The Morgan fingerprint density at radius 3 is 2.30 bits per heavy atom. The molecule has 2 aromatic carbocycles. The van der Waals surface area contributed by atoms with E-state index in [4.69, 9.17) is 12.2 Å². The monoisotopic (exact) mass is 629 g/mol. The highest BCUT2D eigenvalue weighted by Gasteiger charge is 2.17. The van der Waals surface area contributed by atoms with Crippen molar-refractivity contribution >= 4 is 45.5 Å². The summed E-state index contributed by atoms with van der Waals surface area (Å²) in [6.07, 6.45) is 19.0. The molecule has 0 N–H and O–H groups in total. The number of hydrogen-bond acceptors (Lipinski definition) is 4. The van der Waals surface area contributed by atoms with Gasteiger partial charge in [-0.25, -0.2) is 18.3 Å². The van der Waals surface area contributed by atoms with Crippen LogP contribution in [0, 0.1) is 11.3 Å². The molecule has 224 valence electrons. The van der Waals surface area contributed by atoms with Crippen molar-refractivity contribution in [1.29, 1.82) is 5.26 Å². The van der Waals surface area contributed by atoms with Gasteiger partial charge in [-0.2, -0.15) is 5.26 Å². The van der Waals surface area contributed by atoms with Gasteiger partial charge in [0.2, 0.25) is 12.7 Å². The first-order chi connectivity index (χ1) is 21.0. The molecule has 4 rings (SSSR count). The van der Waals surface area contributed by atoms with Crippen LogP contribution >= 0.6 is 35.7 Å². The van der Waals surface area contributed by atoms with E-state index in [9.17, 15) is 5.26 Å². The van der Waals surface area contributed by atoms with Gasteiger partial charge < -0.3 is 0 Å². The molecule has 0 saturated heterocycles. The Morgan fingerprint density at radius 2 is 1.67 bits per heavy atom. The number of hydrogen-bond donors (Lipinski definition) is 0. The summed E-state index contributed by atoms with van der Waals surface area (Å²) in [5.41, 5.74) is 5.18. The average Bonchev–Trinajstić information content (AvgIpc) is 3.66. The second-order valence-electron chi connectivity index (χ2n) is 11.0.